The first-order valence-electron chi connectivity index (χ1n) is 5.80. The van der Waals surface area contributed by atoms with Crippen molar-refractivity contribution >= 4 is 0 Å². The van der Waals surface area contributed by atoms with Crippen molar-refractivity contribution in [2.24, 2.45) is 0 Å². The molecule has 2 aromatic rings. The van der Waals surface area contributed by atoms with E-state index in [4.69, 9.17) is 9.94 Å². The number of ether oxygens (including phenoxy) is 1. The summed E-state index contributed by atoms with van der Waals surface area (Å²) in [5, 5.41) is 8.57. The minimum absolute atomic E-state index is 0.0552. The highest BCUT2D eigenvalue weighted by Gasteiger charge is 2.33. The highest BCUT2D eigenvalue weighted by atomic mass is 19.4. The van der Waals surface area contributed by atoms with Crippen LogP contribution in [0.4, 0.5) is 13.2 Å². The average Bonchev–Trinajstić information content (AvgIpc) is 2.41. The predicted molar refractivity (Wildman–Crippen MR) is 66.6 cm³/mol. The van der Waals surface area contributed by atoms with E-state index in [1.807, 2.05) is 0 Å². The summed E-state index contributed by atoms with van der Waals surface area (Å²) in [6, 6.07) is 12.1. The molecule has 0 bridgehead atoms. The molecule has 3 nitrogen and oxygen atoms in total. The Kier molecular flexibility index (Phi) is 4.26. The average molecular weight is 283 g/mol. The molecule has 2 aromatic carbocycles. The fourth-order valence-electron chi connectivity index (χ4n) is 1.75. The minimum atomic E-state index is -4.51. The molecule has 0 heterocycles. The second-order valence-corrected chi connectivity index (χ2v) is 4.07. The molecule has 2 N–H and O–H groups in total. The lowest BCUT2D eigenvalue weighted by atomic mass is 10.1. The number of nitrogens with one attached hydrogen (secondary N) is 1. The Balaban J connectivity index is 2.32. The smallest absolute Gasteiger partial charge is 0.416 e. The van der Waals surface area contributed by atoms with Crippen LogP contribution in [0.5, 0.6) is 11.5 Å². The highest BCUT2D eigenvalue weighted by molar-refractivity contribution is 5.39. The summed E-state index contributed by atoms with van der Waals surface area (Å²) in [6.07, 6.45) is -4.51. The van der Waals surface area contributed by atoms with Gasteiger partial charge in [-0.1, -0.05) is 24.3 Å². The number of alkyl halides is 3. The van der Waals surface area contributed by atoms with Crippen molar-refractivity contribution in [2.45, 2.75) is 12.7 Å². The standard InChI is InChI=1S/C14H12F3NO2/c15-14(16,17)13-8-12(7-6-10(13)9-18-19)20-11-4-2-1-3-5-11/h1-8,18-19H,9H2. The third-order valence-electron chi connectivity index (χ3n) is 2.64. The quantitative estimate of drug-likeness (QED) is 0.834. The van der Waals surface area contributed by atoms with E-state index >= 15 is 0 Å². The van der Waals surface area contributed by atoms with Gasteiger partial charge in [-0.15, -0.1) is 0 Å². The molecule has 106 valence electrons. The molecule has 0 aliphatic heterocycles. The molecule has 0 aromatic heterocycles. The lowest BCUT2D eigenvalue weighted by Crippen LogP contribution is -2.14. The zero-order chi connectivity index (χ0) is 14.6. The summed E-state index contributed by atoms with van der Waals surface area (Å²) in [7, 11) is 0. The van der Waals surface area contributed by atoms with Gasteiger partial charge in [0.25, 0.3) is 0 Å². The molecule has 0 unspecified atom stereocenters. The Morgan fingerprint density at radius 1 is 1.00 bits per heavy atom. The molecule has 0 radical (unpaired) electrons. The number of hydrogen-bond donors (Lipinski definition) is 2. The molecule has 2 rings (SSSR count). The van der Waals surface area contributed by atoms with Gasteiger partial charge in [-0.2, -0.15) is 13.2 Å². The normalized spacial score (nSPS) is 11.4. The summed E-state index contributed by atoms with van der Waals surface area (Å²) in [4.78, 5) is 0. The maximum absolute atomic E-state index is 12.9. The van der Waals surface area contributed by atoms with Gasteiger partial charge in [-0.05, 0) is 29.8 Å². The molecular weight excluding hydrogens is 271 g/mol. The predicted octanol–water partition coefficient (Wildman–Crippen LogP) is 3.98. The van der Waals surface area contributed by atoms with Gasteiger partial charge in [0.1, 0.15) is 11.5 Å². The van der Waals surface area contributed by atoms with E-state index in [0.29, 0.717) is 5.75 Å². The Morgan fingerprint density at radius 2 is 1.70 bits per heavy atom. The van der Waals surface area contributed by atoms with Crippen molar-refractivity contribution in [3.8, 4) is 11.5 Å². The number of hydrogen-bond acceptors (Lipinski definition) is 3. The number of rotatable bonds is 4. The third-order valence-corrected chi connectivity index (χ3v) is 2.64. The van der Waals surface area contributed by atoms with Gasteiger partial charge in [0.05, 0.1) is 5.56 Å². The van der Waals surface area contributed by atoms with Crippen LogP contribution in [-0.2, 0) is 12.7 Å². The van der Waals surface area contributed by atoms with E-state index < -0.39 is 11.7 Å². The molecule has 0 amide bonds. The maximum Gasteiger partial charge on any atom is 0.416 e. The van der Waals surface area contributed by atoms with E-state index in [1.54, 1.807) is 35.8 Å². The zero-order valence-electron chi connectivity index (χ0n) is 10.3. The molecule has 0 aliphatic carbocycles. The molecule has 0 saturated heterocycles. The number of halogens is 3. The van der Waals surface area contributed by atoms with Crippen molar-refractivity contribution in [3.05, 3.63) is 59.7 Å². The van der Waals surface area contributed by atoms with Gasteiger partial charge in [-0.3, -0.25) is 0 Å². The molecule has 0 saturated carbocycles. The van der Waals surface area contributed by atoms with Crippen LogP contribution in [0, 0.1) is 0 Å². The van der Waals surface area contributed by atoms with Gasteiger partial charge in [0.15, 0.2) is 0 Å². The molecule has 0 aliphatic rings. The second kappa shape index (κ2) is 5.94. The van der Waals surface area contributed by atoms with E-state index in [9.17, 15) is 13.2 Å². The van der Waals surface area contributed by atoms with Crippen molar-refractivity contribution in [2.75, 3.05) is 0 Å². The van der Waals surface area contributed by atoms with E-state index in [-0.39, 0.29) is 17.9 Å². The maximum atomic E-state index is 12.9. The first-order valence-corrected chi connectivity index (χ1v) is 5.80. The molecule has 20 heavy (non-hydrogen) atoms. The van der Waals surface area contributed by atoms with Crippen molar-refractivity contribution < 1.29 is 23.1 Å². The highest BCUT2D eigenvalue weighted by Crippen LogP contribution is 2.35. The monoisotopic (exact) mass is 283 g/mol. The number of benzene rings is 2. The van der Waals surface area contributed by atoms with Crippen LogP contribution in [-0.4, -0.2) is 5.21 Å². The topological polar surface area (TPSA) is 41.5 Å². The van der Waals surface area contributed by atoms with Crippen LogP contribution >= 0.6 is 0 Å². The van der Waals surface area contributed by atoms with Crippen LogP contribution < -0.4 is 10.2 Å². The van der Waals surface area contributed by atoms with Gasteiger partial charge in [-0.25, -0.2) is 5.48 Å². The van der Waals surface area contributed by atoms with Crippen LogP contribution in [0.2, 0.25) is 0 Å². The summed E-state index contributed by atoms with van der Waals surface area (Å²) < 4.78 is 44.1. The van der Waals surface area contributed by atoms with Gasteiger partial charge < -0.3 is 9.94 Å². The van der Waals surface area contributed by atoms with Gasteiger partial charge in [0, 0.05) is 6.54 Å². The Morgan fingerprint density at radius 3 is 2.30 bits per heavy atom. The first-order chi connectivity index (χ1) is 9.50. The molecule has 0 spiro atoms. The fraction of sp³-hybridized carbons (Fsp3) is 0.143. The van der Waals surface area contributed by atoms with Crippen LogP contribution in [0.1, 0.15) is 11.1 Å². The SMILES string of the molecule is ONCc1ccc(Oc2ccccc2)cc1C(F)(F)F. The van der Waals surface area contributed by atoms with Crippen LogP contribution in [0.3, 0.4) is 0 Å². The summed E-state index contributed by atoms with van der Waals surface area (Å²) in [5.41, 5.74) is 0.829. The third kappa shape index (κ3) is 3.49. The Hall–Kier alpha value is -2.05. The van der Waals surface area contributed by atoms with E-state index in [0.717, 1.165) is 6.07 Å². The first kappa shape index (κ1) is 14.4. The molecule has 0 fully saturated rings. The van der Waals surface area contributed by atoms with Crippen LogP contribution in [0.15, 0.2) is 48.5 Å². The van der Waals surface area contributed by atoms with Gasteiger partial charge in [0.2, 0.25) is 0 Å². The van der Waals surface area contributed by atoms with E-state index in [2.05, 4.69) is 0 Å². The van der Waals surface area contributed by atoms with Crippen molar-refractivity contribution in [1.82, 2.24) is 5.48 Å². The molecule has 0 atom stereocenters. The lowest BCUT2D eigenvalue weighted by molar-refractivity contribution is -0.138. The van der Waals surface area contributed by atoms with Crippen LogP contribution in [0.25, 0.3) is 0 Å². The lowest BCUT2D eigenvalue weighted by Gasteiger charge is -2.14. The Labute approximate surface area is 113 Å². The summed E-state index contributed by atoms with van der Waals surface area (Å²) in [5.74, 6) is 0.541. The summed E-state index contributed by atoms with van der Waals surface area (Å²) in [6.45, 7) is -0.291. The summed E-state index contributed by atoms with van der Waals surface area (Å²) >= 11 is 0. The Bertz CT molecular complexity index is 570. The molecule has 6 heteroatoms. The van der Waals surface area contributed by atoms with Crippen molar-refractivity contribution in [1.29, 1.82) is 0 Å². The number of para-hydroxylation sites is 1. The molecular formula is C14H12F3NO2. The largest absolute Gasteiger partial charge is 0.457 e. The fourth-order valence-corrected chi connectivity index (χ4v) is 1.75. The van der Waals surface area contributed by atoms with Gasteiger partial charge >= 0.3 is 6.18 Å². The van der Waals surface area contributed by atoms with E-state index in [1.165, 1.54) is 12.1 Å². The van der Waals surface area contributed by atoms with Crippen molar-refractivity contribution in [3.63, 3.8) is 0 Å². The number of hydroxylamine groups is 1. The zero-order valence-corrected chi connectivity index (χ0v) is 10.3. The second-order valence-electron chi connectivity index (χ2n) is 4.07. The minimum Gasteiger partial charge on any atom is -0.457 e.